The van der Waals surface area contributed by atoms with Crippen molar-refractivity contribution in [3.63, 3.8) is 0 Å². The summed E-state index contributed by atoms with van der Waals surface area (Å²) in [6, 6.07) is 23.6. The summed E-state index contributed by atoms with van der Waals surface area (Å²) in [5.41, 5.74) is 7.65. The molecule has 4 heteroatoms. The molecule has 0 amide bonds. The third kappa shape index (κ3) is 6.19. The van der Waals surface area contributed by atoms with Crippen molar-refractivity contribution in [3.8, 4) is 5.75 Å². The minimum Gasteiger partial charge on any atom is -0.489 e. The summed E-state index contributed by atoms with van der Waals surface area (Å²) in [6.07, 6.45) is 4.37. The Balaban J connectivity index is 1.41. The first-order chi connectivity index (χ1) is 16.7. The van der Waals surface area contributed by atoms with Crippen molar-refractivity contribution in [2.45, 2.75) is 59.1 Å². The van der Waals surface area contributed by atoms with E-state index in [-0.39, 0.29) is 5.97 Å². The van der Waals surface area contributed by atoms with Crippen LogP contribution in [0, 0.1) is 0 Å². The van der Waals surface area contributed by atoms with Crippen molar-refractivity contribution in [3.05, 3.63) is 94.5 Å². The van der Waals surface area contributed by atoms with E-state index in [9.17, 15) is 4.79 Å². The van der Waals surface area contributed by atoms with Crippen molar-refractivity contribution < 1.29 is 14.3 Å². The smallest absolute Gasteiger partial charge is 0.306 e. The van der Waals surface area contributed by atoms with Gasteiger partial charge in [0.25, 0.3) is 0 Å². The molecule has 1 aliphatic rings. The molecule has 0 aliphatic carbocycles. The second-order valence-electron chi connectivity index (χ2n) is 8.85. The van der Waals surface area contributed by atoms with Gasteiger partial charge in [0, 0.05) is 31.3 Å². The molecule has 4 rings (SSSR count). The number of rotatable bonds is 10. The average molecular weight is 458 g/mol. The first-order valence-corrected chi connectivity index (χ1v) is 12.5. The maximum Gasteiger partial charge on any atom is 0.306 e. The molecule has 0 atom stereocenters. The standard InChI is InChI=1S/C30H35NO3/c1-3-25-19-24(12-13-26(25)15-17-30(32)33-4-2)22-34-28-16-14-27-11-8-18-31(29(27)20-28)21-23-9-6-5-7-10-23/h5-7,9-10,12-14,16,19-20H,3-4,8,11,15,17-18,21-22H2,1-2H3. The van der Waals surface area contributed by atoms with Crippen LogP contribution in [0.5, 0.6) is 5.75 Å². The van der Waals surface area contributed by atoms with Crippen LogP contribution in [0.15, 0.2) is 66.7 Å². The normalized spacial score (nSPS) is 12.8. The Morgan fingerprint density at radius 2 is 1.79 bits per heavy atom. The summed E-state index contributed by atoms with van der Waals surface area (Å²) in [5.74, 6) is 0.772. The number of benzene rings is 3. The predicted octanol–water partition coefficient (Wildman–Crippen LogP) is 6.28. The Hall–Kier alpha value is -3.27. The highest BCUT2D eigenvalue weighted by molar-refractivity contribution is 5.69. The van der Waals surface area contributed by atoms with Gasteiger partial charge in [-0.3, -0.25) is 4.79 Å². The molecule has 1 heterocycles. The molecular weight excluding hydrogens is 422 g/mol. The Bertz CT molecular complexity index is 1090. The van der Waals surface area contributed by atoms with Crippen LogP contribution in [0.4, 0.5) is 5.69 Å². The fourth-order valence-corrected chi connectivity index (χ4v) is 4.67. The van der Waals surface area contributed by atoms with Crippen LogP contribution >= 0.6 is 0 Å². The minimum absolute atomic E-state index is 0.134. The monoisotopic (exact) mass is 457 g/mol. The lowest BCUT2D eigenvalue weighted by molar-refractivity contribution is -0.143. The van der Waals surface area contributed by atoms with E-state index in [1.54, 1.807) is 0 Å². The van der Waals surface area contributed by atoms with Gasteiger partial charge in [0.2, 0.25) is 0 Å². The van der Waals surface area contributed by atoms with Gasteiger partial charge in [0.1, 0.15) is 12.4 Å². The molecule has 1 aliphatic heterocycles. The van der Waals surface area contributed by atoms with Crippen molar-refractivity contribution in [2.75, 3.05) is 18.1 Å². The van der Waals surface area contributed by atoms with Gasteiger partial charge in [0.15, 0.2) is 0 Å². The topological polar surface area (TPSA) is 38.8 Å². The molecule has 178 valence electrons. The van der Waals surface area contributed by atoms with Crippen molar-refractivity contribution in [1.29, 1.82) is 0 Å². The van der Waals surface area contributed by atoms with Gasteiger partial charge in [-0.05, 0) is 66.5 Å². The van der Waals surface area contributed by atoms with Crippen LogP contribution in [-0.2, 0) is 41.9 Å². The molecule has 3 aromatic carbocycles. The van der Waals surface area contributed by atoms with Gasteiger partial charge in [0.05, 0.1) is 6.61 Å². The molecule has 0 bridgehead atoms. The van der Waals surface area contributed by atoms with Crippen LogP contribution in [-0.4, -0.2) is 19.1 Å². The van der Waals surface area contributed by atoms with Crippen LogP contribution in [0.1, 0.15) is 54.5 Å². The number of carbonyl (C=O) groups is 1. The van der Waals surface area contributed by atoms with Crippen LogP contribution in [0.3, 0.4) is 0 Å². The molecule has 34 heavy (non-hydrogen) atoms. The zero-order valence-corrected chi connectivity index (χ0v) is 20.4. The molecule has 0 saturated heterocycles. The van der Waals surface area contributed by atoms with E-state index in [0.717, 1.165) is 37.2 Å². The van der Waals surface area contributed by atoms with Crippen molar-refractivity contribution >= 4 is 11.7 Å². The zero-order valence-electron chi connectivity index (χ0n) is 20.4. The van der Waals surface area contributed by atoms with E-state index < -0.39 is 0 Å². The zero-order chi connectivity index (χ0) is 23.8. The van der Waals surface area contributed by atoms with Crippen LogP contribution < -0.4 is 9.64 Å². The lowest BCUT2D eigenvalue weighted by Gasteiger charge is -2.31. The maximum atomic E-state index is 11.7. The second-order valence-corrected chi connectivity index (χ2v) is 8.85. The summed E-state index contributed by atoms with van der Waals surface area (Å²) in [6.45, 7) is 6.94. The van der Waals surface area contributed by atoms with E-state index in [1.807, 2.05) is 6.92 Å². The quantitative estimate of drug-likeness (QED) is 0.336. The second kappa shape index (κ2) is 11.7. The molecule has 0 fully saturated rings. The average Bonchev–Trinajstić information content (AvgIpc) is 2.87. The molecular formula is C30H35NO3. The first kappa shape index (κ1) is 23.9. The molecule has 0 aromatic heterocycles. The highest BCUT2D eigenvalue weighted by atomic mass is 16.5. The number of nitrogens with zero attached hydrogens (tertiary/aromatic N) is 1. The molecule has 0 unspecified atom stereocenters. The Morgan fingerprint density at radius 1 is 0.941 bits per heavy atom. The number of fused-ring (bicyclic) bond motifs is 1. The highest BCUT2D eigenvalue weighted by Crippen LogP contribution is 2.32. The Labute approximate surface area is 203 Å². The van der Waals surface area contributed by atoms with Gasteiger partial charge < -0.3 is 14.4 Å². The molecule has 0 radical (unpaired) electrons. The molecule has 0 saturated carbocycles. The highest BCUT2D eigenvalue weighted by Gasteiger charge is 2.18. The van der Waals surface area contributed by atoms with E-state index in [2.05, 4.69) is 78.6 Å². The number of aryl methyl sites for hydroxylation is 3. The van der Waals surface area contributed by atoms with Gasteiger partial charge in [-0.15, -0.1) is 0 Å². The lowest BCUT2D eigenvalue weighted by atomic mass is 9.98. The third-order valence-corrected chi connectivity index (χ3v) is 6.45. The molecule has 4 nitrogen and oxygen atoms in total. The van der Waals surface area contributed by atoms with Gasteiger partial charge in [-0.2, -0.15) is 0 Å². The Morgan fingerprint density at radius 3 is 2.59 bits per heavy atom. The maximum absolute atomic E-state index is 11.7. The van der Waals surface area contributed by atoms with Gasteiger partial charge >= 0.3 is 5.97 Å². The van der Waals surface area contributed by atoms with E-state index in [1.165, 1.54) is 34.4 Å². The number of carbonyl (C=O) groups excluding carboxylic acids is 1. The SMILES string of the molecule is CCOC(=O)CCc1ccc(COc2ccc3c(c2)N(Cc2ccccc2)CCC3)cc1CC. The number of hydrogen-bond acceptors (Lipinski definition) is 4. The summed E-state index contributed by atoms with van der Waals surface area (Å²) < 4.78 is 11.3. The van der Waals surface area contributed by atoms with Gasteiger partial charge in [-0.1, -0.05) is 61.5 Å². The number of anilines is 1. The molecule has 3 aromatic rings. The number of esters is 1. The predicted molar refractivity (Wildman–Crippen MR) is 137 cm³/mol. The molecule has 0 spiro atoms. The Kier molecular flexibility index (Phi) is 8.24. The fraction of sp³-hybridized carbons (Fsp3) is 0.367. The fourth-order valence-electron chi connectivity index (χ4n) is 4.67. The summed E-state index contributed by atoms with van der Waals surface area (Å²) >= 11 is 0. The van der Waals surface area contributed by atoms with Crippen molar-refractivity contribution in [2.24, 2.45) is 0 Å². The van der Waals surface area contributed by atoms with Crippen LogP contribution in [0.25, 0.3) is 0 Å². The summed E-state index contributed by atoms with van der Waals surface area (Å²) in [4.78, 5) is 14.2. The lowest BCUT2D eigenvalue weighted by Crippen LogP contribution is -2.28. The molecule has 0 N–H and O–H groups in total. The van der Waals surface area contributed by atoms with Crippen LogP contribution in [0.2, 0.25) is 0 Å². The van der Waals surface area contributed by atoms with E-state index in [4.69, 9.17) is 9.47 Å². The van der Waals surface area contributed by atoms with E-state index >= 15 is 0 Å². The third-order valence-electron chi connectivity index (χ3n) is 6.45. The summed E-state index contributed by atoms with van der Waals surface area (Å²) in [7, 11) is 0. The summed E-state index contributed by atoms with van der Waals surface area (Å²) in [5, 5.41) is 0. The van der Waals surface area contributed by atoms with Gasteiger partial charge in [-0.25, -0.2) is 0 Å². The largest absolute Gasteiger partial charge is 0.489 e. The van der Waals surface area contributed by atoms with E-state index in [0.29, 0.717) is 26.1 Å². The minimum atomic E-state index is -0.134. The first-order valence-electron chi connectivity index (χ1n) is 12.5. The number of hydrogen-bond donors (Lipinski definition) is 0. The number of ether oxygens (including phenoxy) is 2. The van der Waals surface area contributed by atoms with Crippen molar-refractivity contribution in [1.82, 2.24) is 0 Å².